The Labute approximate surface area is 120 Å². The zero-order chi connectivity index (χ0) is 15.3. The van der Waals surface area contributed by atoms with Crippen molar-refractivity contribution in [2.24, 2.45) is 5.14 Å². The molecule has 0 aliphatic carbocycles. The molecule has 8 heteroatoms. The minimum absolute atomic E-state index is 0.135. The largest absolute Gasteiger partial charge is 0.370 e. The number of nitrogens with zero attached hydrogens (tertiary/aromatic N) is 2. The van der Waals surface area contributed by atoms with Gasteiger partial charge in [0.1, 0.15) is 17.5 Å². The molecule has 1 rings (SSSR count). The summed E-state index contributed by atoms with van der Waals surface area (Å²) in [6.45, 7) is 8.88. The molecule has 1 heterocycles. The van der Waals surface area contributed by atoms with Crippen molar-refractivity contribution in [1.29, 1.82) is 0 Å². The summed E-state index contributed by atoms with van der Waals surface area (Å²) < 4.78 is 21.9. The van der Waals surface area contributed by atoms with Crippen LogP contribution in [0.5, 0.6) is 0 Å². The summed E-state index contributed by atoms with van der Waals surface area (Å²) >= 11 is 0. The van der Waals surface area contributed by atoms with Gasteiger partial charge in [0.2, 0.25) is 10.0 Å². The zero-order valence-corrected chi connectivity index (χ0v) is 13.2. The van der Waals surface area contributed by atoms with Gasteiger partial charge < -0.3 is 10.6 Å². The van der Waals surface area contributed by atoms with Crippen molar-refractivity contribution in [3.05, 3.63) is 11.4 Å². The average molecular weight is 301 g/mol. The van der Waals surface area contributed by atoms with E-state index in [-0.39, 0.29) is 18.2 Å². The van der Waals surface area contributed by atoms with Crippen molar-refractivity contribution in [1.82, 2.24) is 9.97 Å². The van der Waals surface area contributed by atoms with E-state index in [1.54, 1.807) is 0 Å². The minimum atomic E-state index is -3.48. The molecule has 0 aliphatic rings. The predicted octanol–water partition coefficient (Wildman–Crippen LogP) is 1.04. The van der Waals surface area contributed by atoms with E-state index in [4.69, 9.17) is 5.14 Å². The first-order valence-corrected chi connectivity index (χ1v) is 8.33. The highest BCUT2D eigenvalue weighted by Crippen LogP contribution is 2.22. The predicted molar refractivity (Wildman–Crippen MR) is 81.5 cm³/mol. The molecule has 7 nitrogen and oxygen atoms in total. The van der Waals surface area contributed by atoms with Crippen molar-refractivity contribution in [3.63, 3.8) is 0 Å². The third kappa shape index (κ3) is 4.93. The summed E-state index contributed by atoms with van der Waals surface area (Å²) in [5.41, 5.74) is 0.866. The van der Waals surface area contributed by atoms with Crippen LogP contribution in [0.4, 0.5) is 11.6 Å². The van der Waals surface area contributed by atoms with Crippen LogP contribution in [-0.2, 0) is 10.0 Å². The molecule has 0 spiro atoms. The van der Waals surface area contributed by atoms with Gasteiger partial charge in [-0.1, -0.05) is 13.8 Å². The van der Waals surface area contributed by atoms with Crippen LogP contribution >= 0.6 is 0 Å². The van der Waals surface area contributed by atoms with Gasteiger partial charge in [-0.25, -0.2) is 23.5 Å². The second kappa shape index (κ2) is 6.85. The Bertz CT molecular complexity index is 557. The number of aromatic nitrogens is 2. The molecule has 4 N–H and O–H groups in total. The van der Waals surface area contributed by atoms with Gasteiger partial charge in [-0.15, -0.1) is 0 Å². The van der Waals surface area contributed by atoms with Gasteiger partial charge in [0.15, 0.2) is 0 Å². The van der Waals surface area contributed by atoms with Gasteiger partial charge in [-0.3, -0.25) is 0 Å². The van der Waals surface area contributed by atoms with E-state index in [9.17, 15) is 8.42 Å². The fourth-order valence-corrected chi connectivity index (χ4v) is 2.00. The van der Waals surface area contributed by atoms with Crippen molar-refractivity contribution in [2.45, 2.75) is 33.6 Å². The maximum absolute atomic E-state index is 10.9. The Morgan fingerprint density at radius 3 is 2.20 bits per heavy atom. The summed E-state index contributed by atoms with van der Waals surface area (Å²) in [6, 6.07) is 0. The lowest BCUT2D eigenvalue weighted by Gasteiger charge is -2.15. The fraction of sp³-hybridized carbons (Fsp3) is 0.667. The van der Waals surface area contributed by atoms with Crippen molar-refractivity contribution in [3.8, 4) is 0 Å². The van der Waals surface area contributed by atoms with Crippen LogP contribution in [0.2, 0.25) is 0 Å². The third-order valence-electron chi connectivity index (χ3n) is 2.70. The number of nitrogens with one attached hydrogen (secondary N) is 2. The lowest BCUT2D eigenvalue weighted by atomic mass is 10.2. The molecule has 0 amide bonds. The Morgan fingerprint density at radius 2 is 1.75 bits per heavy atom. The monoisotopic (exact) mass is 301 g/mol. The standard InChI is InChI=1S/C12H23N5O2S/c1-5-14-11-9(4)12(15-6-7-20(13,18)19)17-10(16-11)8(2)3/h8H,5-7H2,1-4H3,(H2,13,18,19)(H2,14,15,16,17). The molecule has 1 aromatic rings. The lowest BCUT2D eigenvalue weighted by Crippen LogP contribution is -2.23. The number of rotatable bonds is 7. The van der Waals surface area contributed by atoms with Gasteiger partial charge in [-0.05, 0) is 13.8 Å². The number of hydrogen-bond acceptors (Lipinski definition) is 6. The quantitative estimate of drug-likeness (QED) is 0.694. The maximum atomic E-state index is 10.9. The van der Waals surface area contributed by atoms with Gasteiger partial charge in [0.25, 0.3) is 0 Å². The first-order chi connectivity index (χ1) is 9.24. The molecule has 0 aliphatic heterocycles. The van der Waals surface area contributed by atoms with Crippen molar-refractivity contribution < 1.29 is 8.42 Å². The topological polar surface area (TPSA) is 110 Å². The Hall–Kier alpha value is -1.41. The second-order valence-corrected chi connectivity index (χ2v) is 6.62. The average Bonchev–Trinajstić information content (AvgIpc) is 2.32. The zero-order valence-electron chi connectivity index (χ0n) is 12.4. The fourth-order valence-electron chi connectivity index (χ4n) is 1.62. The van der Waals surface area contributed by atoms with Crippen LogP contribution < -0.4 is 15.8 Å². The first-order valence-electron chi connectivity index (χ1n) is 6.61. The van der Waals surface area contributed by atoms with Crippen LogP contribution in [0.3, 0.4) is 0 Å². The highest BCUT2D eigenvalue weighted by molar-refractivity contribution is 7.89. The number of nitrogens with two attached hydrogens (primary N) is 1. The SMILES string of the molecule is CCNc1nc(C(C)C)nc(NCCS(N)(=O)=O)c1C. The molecule has 0 unspecified atom stereocenters. The Morgan fingerprint density at radius 1 is 1.20 bits per heavy atom. The Balaban J connectivity index is 2.98. The maximum Gasteiger partial charge on any atom is 0.210 e. The molecule has 0 fully saturated rings. The van der Waals surface area contributed by atoms with E-state index in [1.807, 2.05) is 27.7 Å². The van der Waals surface area contributed by atoms with Gasteiger partial charge in [0.05, 0.1) is 5.75 Å². The van der Waals surface area contributed by atoms with E-state index in [1.165, 1.54) is 0 Å². The van der Waals surface area contributed by atoms with Gasteiger partial charge >= 0.3 is 0 Å². The molecule has 1 aromatic heterocycles. The number of sulfonamides is 1. The number of primary sulfonamides is 1. The van der Waals surface area contributed by atoms with Crippen LogP contribution in [0.15, 0.2) is 0 Å². The molecule has 20 heavy (non-hydrogen) atoms. The molecule has 0 atom stereocenters. The van der Waals surface area contributed by atoms with Gasteiger partial charge in [-0.2, -0.15) is 0 Å². The van der Waals surface area contributed by atoms with Crippen LogP contribution in [0.1, 0.15) is 38.1 Å². The number of hydrogen-bond donors (Lipinski definition) is 3. The van der Waals surface area contributed by atoms with E-state index in [2.05, 4.69) is 20.6 Å². The third-order valence-corrected chi connectivity index (χ3v) is 3.48. The highest BCUT2D eigenvalue weighted by atomic mass is 32.2. The number of anilines is 2. The van der Waals surface area contributed by atoms with E-state index in [0.29, 0.717) is 11.6 Å². The summed E-state index contributed by atoms with van der Waals surface area (Å²) in [6.07, 6.45) is 0. The molecule has 114 valence electrons. The van der Waals surface area contributed by atoms with Crippen LogP contribution in [-0.4, -0.2) is 37.2 Å². The molecular formula is C12H23N5O2S. The summed E-state index contributed by atoms with van der Waals surface area (Å²) in [5.74, 6) is 2.17. The van der Waals surface area contributed by atoms with Crippen molar-refractivity contribution in [2.75, 3.05) is 29.5 Å². The summed E-state index contributed by atoms with van der Waals surface area (Å²) in [7, 11) is -3.48. The molecule has 0 saturated carbocycles. The van der Waals surface area contributed by atoms with E-state index >= 15 is 0 Å². The molecule has 0 radical (unpaired) electrons. The van der Waals surface area contributed by atoms with Gasteiger partial charge in [0, 0.05) is 24.6 Å². The molecule has 0 saturated heterocycles. The molecular weight excluding hydrogens is 278 g/mol. The van der Waals surface area contributed by atoms with Crippen LogP contribution in [0.25, 0.3) is 0 Å². The lowest BCUT2D eigenvalue weighted by molar-refractivity contribution is 0.598. The van der Waals surface area contributed by atoms with E-state index in [0.717, 1.165) is 17.9 Å². The second-order valence-electron chi connectivity index (χ2n) is 4.88. The normalized spacial score (nSPS) is 11.7. The summed E-state index contributed by atoms with van der Waals surface area (Å²) in [5, 5.41) is 11.2. The van der Waals surface area contributed by atoms with E-state index < -0.39 is 10.0 Å². The Kier molecular flexibility index (Phi) is 5.70. The highest BCUT2D eigenvalue weighted by Gasteiger charge is 2.13. The van der Waals surface area contributed by atoms with Crippen LogP contribution in [0, 0.1) is 6.92 Å². The molecule has 0 aromatic carbocycles. The first kappa shape index (κ1) is 16.6. The minimum Gasteiger partial charge on any atom is -0.370 e. The molecule has 0 bridgehead atoms. The summed E-state index contributed by atoms with van der Waals surface area (Å²) in [4.78, 5) is 8.91. The smallest absolute Gasteiger partial charge is 0.210 e. The van der Waals surface area contributed by atoms with Crippen molar-refractivity contribution >= 4 is 21.7 Å².